The van der Waals surface area contributed by atoms with Crippen molar-refractivity contribution >= 4 is 17.6 Å². The summed E-state index contributed by atoms with van der Waals surface area (Å²) in [5.74, 6) is -2.50. The maximum atomic E-state index is 15.6. The van der Waals surface area contributed by atoms with Gasteiger partial charge in [-0.15, -0.1) is 0 Å². The fraction of sp³-hybridized carbons (Fsp3) is 0.394. The molecule has 3 aromatic carbocycles. The topological polar surface area (TPSA) is 76.1 Å². The summed E-state index contributed by atoms with van der Waals surface area (Å²) in [6.45, 7) is 9.10. The van der Waals surface area contributed by atoms with E-state index < -0.39 is 46.7 Å². The van der Waals surface area contributed by atoms with Gasteiger partial charge in [-0.2, -0.15) is 13.2 Å². The minimum atomic E-state index is -4.74. The monoisotopic (exact) mass is 599 g/mol. The molecule has 0 aromatic heterocycles. The Morgan fingerprint density at radius 2 is 1.74 bits per heavy atom. The highest BCUT2D eigenvalue weighted by Gasteiger charge is 2.40. The molecule has 6 nitrogen and oxygen atoms in total. The molecule has 0 radical (unpaired) electrons. The average Bonchev–Trinajstić information content (AvgIpc) is 3.35. The number of fused-ring (bicyclic) bond motifs is 2. The van der Waals surface area contributed by atoms with E-state index in [0.29, 0.717) is 64.1 Å². The predicted octanol–water partition coefficient (Wildman–Crippen LogP) is 7.60. The number of rotatable bonds is 5. The van der Waals surface area contributed by atoms with Crippen LogP contribution in [0.3, 0.4) is 0 Å². The zero-order valence-corrected chi connectivity index (χ0v) is 24.6. The van der Waals surface area contributed by atoms with Crippen LogP contribution in [0.2, 0.25) is 0 Å². The number of alkyl halides is 3. The van der Waals surface area contributed by atoms with Gasteiger partial charge in [-0.05, 0) is 106 Å². The number of aryl methyl sites for hydroxylation is 1. The smallest absolute Gasteiger partial charge is 0.417 e. The van der Waals surface area contributed by atoms with Crippen LogP contribution in [-0.2, 0) is 28.5 Å². The van der Waals surface area contributed by atoms with E-state index in [1.165, 1.54) is 23.1 Å². The second-order valence-corrected chi connectivity index (χ2v) is 12.0. The minimum absolute atomic E-state index is 0.0592. The molecule has 0 saturated heterocycles. The molecule has 0 aliphatic carbocycles. The van der Waals surface area contributed by atoms with Gasteiger partial charge >= 0.3 is 12.1 Å². The van der Waals surface area contributed by atoms with Gasteiger partial charge in [0.2, 0.25) is 0 Å². The zero-order valence-electron chi connectivity index (χ0n) is 24.6. The minimum Gasteiger partial charge on any atom is -0.490 e. The summed E-state index contributed by atoms with van der Waals surface area (Å²) >= 11 is 0. The van der Waals surface area contributed by atoms with E-state index in [4.69, 9.17) is 9.47 Å². The maximum absolute atomic E-state index is 15.6. The Morgan fingerprint density at radius 3 is 2.40 bits per heavy atom. The second-order valence-electron chi connectivity index (χ2n) is 12.0. The number of benzene rings is 3. The van der Waals surface area contributed by atoms with Crippen molar-refractivity contribution in [2.45, 2.75) is 71.8 Å². The maximum Gasteiger partial charge on any atom is 0.417 e. The summed E-state index contributed by atoms with van der Waals surface area (Å²) in [7, 11) is 0. The summed E-state index contributed by atoms with van der Waals surface area (Å²) < 4.78 is 68.7. The van der Waals surface area contributed by atoms with Crippen molar-refractivity contribution in [3.05, 3.63) is 81.2 Å². The van der Waals surface area contributed by atoms with Crippen LogP contribution in [0.4, 0.5) is 23.2 Å². The molecule has 1 N–H and O–H groups in total. The van der Waals surface area contributed by atoms with E-state index >= 15 is 4.39 Å². The summed E-state index contributed by atoms with van der Waals surface area (Å²) in [6.07, 6.45) is -4.71. The lowest BCUT2D eigenvalue weighted by Gasteiger charge is -2.30. The average molecular weight is 600 g/mol. The van der Waals surface area contributed by atoms with Crippen LogP contribution in [0, 0.1) is 19.7 Å². The normalized spacial score (nSPS) is 15.5. The van der Waals surface area contributed by atoms with E-state index in [-0.39, 0.29) is 18.7 Å². The second kappa shape index (κ2) is 11.0. The fourth-order valence-electron chi connectivity index (χ4n) is 6.12. The van der Waals surface area contributed by atoms with Gasteiger partial charge in [-0.3, -0.25) is 4.79 Å². The number of carboxylic acid groups (broad SMARTS) is 1. The Balaban J connectivity index is 1.78. The molecular weight excluding hydrogens is 566 g/mol. The van der Waals surface area contributed by atoms with Crippen molar-refractivity contribution in [1.29, 1.82) is 0 Å². The molecule has 2 aliphatic rings. The van der Waals surface area contributed by atoms with Crippen LogP contribution < -0.4 is 9.64 Å². The SMILES string of the molecule is Cc1cc2c(c(-c3cc(F)c4c(c3C)CCCO4)c1[C@H](OC(C)(C)C)C(=O)O)CCN2C(=O)c1ccccc1C(F)(F)F. The Hall–Kier alpha value is -3.92. The molecule has 3 aromatic rings. The van der Waals surface area contributed by atoms with Gasteiger partial charge in [-0.1, -0.05) is 12.1 Å². The number of hydrogen-bond donors (Lipinski definition) is 1. The third-order valence-electron chi connectivity index (χ3n) is 7.91. The van der Waals surface area contributed by atoms with Crippen molar-refractivity contribution in [2.75, 3.05) is 18.1 Å². The van der Waals surface area contributed by atoms with Gasteiger partial charge in [0.1, 0.15) is 0 Å². The fourth-order valence-corrected chi connectivity index (χ4v) is 6.12. The lowest BCUT2D eigenvalue weighted by Crippen LogP contribution is -2.31. The van der Waals surface area contributed by atoms with Gasteiger partial charge in [0.15, 0.2) is 17.7 Å². The van der Waals surface area contributed by atoms with Gasteiger partial charge < -0.3 is 19.5 Å². The first-order chi connectivity index (χ1) is 20.1. The highest BCUT2D eigenvalue weighted by atomic mass is 19.4. The van der Waals surface area contributed by atoms with Crippen molar-refractivity contribution in [1.82, 2.24) is 0 Å². The lowest BCUT2D eigenvalue weighted by atomic mass is 9.83. The van der Waals surface area contributed by atoms with E-state index in [9.17, 15) is 27.9 Å². The summed E-state index contributed by atoms with van der Waals surface area (Å²) in [4.78, 5) is 27.7. The molecule has 228 valence electrons. The first-order valence-corrected chi connectivity index (χ1v) is 14.1. The third kappa shape index (κ3) is 5.60. The molecule has 0 unspecified atom stereocenters. The van der Waals surface area contributed by atoms with E-state index in [1.54, 1.807) is 33.8 Å². The molecular formula is C33H33F4NO5. The molecule has 0 spiro atoms. The number of carboxylic acids is 1. The van der Waals surface area contributed by atoms with Crippen molar-refractivity contribution in [3.8, 4) is 16.9 Å². The molecule has 2 heterocycles. The molecule has 0 bridgehead atoms. The Bertz CT molecular complexity index is 1620. The molecule has 43 heavy (non-hydrogen) atoms. The lowest BCUT2D eigenvalue weighted by molar-refractivity contribution is -0.160. The van der Waals surface area contributed by atoms with Gasteiger partial charge in [0.05, 0.1) is 23.3 Å². The van der Waals surface area contributed by atoms with Gasteiger partial charge in [-0.25, -0.2) is 9.18 Å². The summed E-state index contributed by atoms with van der Waals surface area (Å²) in [5, 5.41) is 10.4. The molecule has 2 aliphatic heterocycles. The van der Waals surface area contributed by atoms with Crippen LogP contribution in [0.25, 0.3) is 11.1 Å². The van der Waals surface area contributed by atoms with Crippen LogP contribution in [0.15, 0.2) is 36.4 Å². The van der Waals surface area contributed by atoms with Crippen LogP contribution in [0.1, 0.15) is 77.0 Å². The van der Waals surface area contributed by atoms with Crippen LogP contribution >= 0.6 is 0 Å². The quantitative estimate of drug-likeness (QED) is 0.306. The molecule has 1 amide bonds. The number of hydrogen-bond acceptors (Lipinski definition) is 4. The number of anilines is 1. The summed E-state index contributed by atoms with van der Waals surface area (Å²) in [6, 6.07) is 7.55. The van der Waals surface area contributed by atoms with Gasteiger partial charge in [0, 0.05) is 23.4 Å². The standard InChI is InChI=1S/C33H33F4NO5/c1-17-15-25-21(12-13-38(25)30(39)20-9-6-7-11-23(20)33(35,36)37)27(26(17)29(31(40)41)43-32(3,4)5)22-16-24(34)28-19(18(22)2)10-8-14-42-28/h6-7,9,11,15-16,29H,8,10,12-14H2,1-5H3,(H,40,41)/t29-/m0/s1. The van der Waals surface area contributed by atoms with Crippen molar-refractivity contribution in [2.24, 2.45) is 0 Å². The number of nitrogens with zero attached hydrogens (tertiary/aromatic N) is 1. The molecule has 10 heteroatoms. The van der Waals surface area contributed by atoms with Crippen LogP contribution in [-0.4, -0.2) is 35.7 Å². The summed E-state index contributed by atoms with van der Waals surface area (Å²) in [5.41, 5.74) is 1.49. The molecule has 1 atom stereocenters. The van der Waals surface area contributed by atoms with Crippen LogP contribution in [0.5, 0.6) is 5.75 Å². The number of halogens is 4. The number of amides is 1. The van der Waals surface area contributed by atoms with E-state index in [1.807, 2.05) is 6.92 Å². The number of aliphatic carboxylic acids is 1. The number of ether oxygens (including phenoxy) is 2. The first-order valence-electron chi connectivity index (χ1n) is 14.1. The van der Waals surface area contributed by atoms with Crippen molar-refractivity contribution < 1.29 is 41.7 Å². The number of carbonyl (C=O) groups excluding carboxylic acids is 1. The Labute approximate surface area is 247 Å². The Kier molecular flexibility index (Phi) is 7.79. The predicted molar refractivity (Wildman–Crippen MR) is 153 cm³/mol. The van der Waals surface area contributed by atoms with Crippen molar-refractivity contribution in [3.63, 3.8) is 0 Å². The molecule has 0 fully saturated rings. The largest absolute Gasteiger partial charge is 0.490 e. The van der Waals surface area contributed by atoms with E-state index in [0.717, 1.165) is 12.1 Å². The number of carbonyl (C=O) groups is 2. The molecule has 0 saturated carbocycles. The zero-order chi connectivity index (χ0) is 31.4. The Morgan fingerprint density at radius 1 is 1.05 bits per heavy atom. The highest BCUT2D eigenvalue weighted by molar-refractivity contribution is 6.09. The highest BCUT2D eigenvalue weighted by Crippen LogP contribution is 2.48. The van der Waals surface area contributed by atoms with E-state index in [2.05, 4.69) is 0 Å². The first kappa shape index (κ1) is 30.5. The van der Waals surface area contributed by atoms with Gasteiger partial charge in [0.25, 0.3) is 5.91 Å². The third-order valence-corrected chi connectivity index (χ3v) is 7.91. The molecule has 5 rings (SSSR count).